The summed E-state index contributed by atoms with van der Waals surface area (Å²) in [6.07, 6.45) is 0.455. The zero-order valence-electron chi connectivity index (χ0n) is 7.83. The van der Waals surface area contributed by atoms with E-state index in [2.05, 4.69) is 5.43 Å². The molecule has 2 rings (SSSR count). The second-order valence-electron chi connectivity index (χ2n) is 3.44. The average molecular weight is 194 g/mol. The Kier molecular flexibility index (Phi) is 2.21. The summed E-state index contributed by atoms with van der Waals surface area (Å²) < 4.78 is 12.9. The van der Waals surface area contributed by atoms with Crippen molar-refractivity contribution in [3.05, 3.63) is 30.1 Å². The molecule has 0 aliphatic carbocycles. The largest absolute Gasteiger partial charge is 0.273 e. The van der Waals surface area contributed by atoms with Gasteiger partial charge in [-0.1, -0.05) is 6.07 Å². The molecule has 1 N–H and O–H groups in total. The van der Waals surface area contributed by atoms with Crippen molar-refractivity contribution in [2.45, 2.75) is 19.4 Å². The predicted octanol–water partition coefficient (Wildman–Crippen LogP) is 1.46. The molecule has 74 valence electrons. The number of amides is 1. The van der Waals surface area contributed by atoms with E-state index in [1.807, 2.05) is 6.92 Å². The van der Waals surface area contributed by atoms with Gasteiger partial charge in [0.1, 0.15) is 5.82 Å². The van der Waals surface area contributed by atoms with E-state index >= 15 is 0 Å². The fourth-order valence-electron chi connectivity index (χ4n) is 1.52. The lowest BCUT2D eigenvalue weighted by atomic mass is 10.2. The van der Waals surface area contributed by atoms with Crippen LogP contribution in [0.25, 0.3) is 0 Å². The molecule has 1 aromatic rings. The molecule has 14 heavy (non-hydrogen) atoms. The van der Waals surface area contributed by atoms with Gasteiger partial charge in [0.15, 0.2) is 0 Å². The quantitative estimate of drug-likeness (QED) is 0.734. The third-order valence-electron chi connectivity index (χ3n) is 2.15. The van der Waals surface area contributed by atoms with Gasteiger partial charge in [-0.05, 0) is 25.1 Å². The molecule has 1 amide bonds. The number of carbonyl (C=O) groups is 1. The van der Waals surface area contributed by atoms with Gasteiger partial charge in [-0.15, -0.1) is 0 Å². The van der Waals surface area contributed by atoms with Crippen LogP contribution in [0.5, 0.6) is 0 Å². The van der Waals surface area contributed by atoms with Crippen LogP contribution in [0.4, 0.5) is 10.1 Å². The first-order chi connectivity index (χ1) is 6.66. The predicted molar refractivity (Wildman–Crippen MR) is 51.1 cm³/mol. The fraction of sp³-hybridized carbons (Fsp3) is 0.300. The van der Waals surface area contributed by atoms with Gasteiger partial charge in [-0.2, -0.15) is 0 Å². The van der Waals surface area contributed by atoms with Crippen LogP contribution in [0.2, 0.25) is 0 Å². The lowest BCUT2D eigenvalue weighted by Crippen LogP contribution is -2.36. The third-order valence-corrected chi connectivity index (χ3v) is 2.15. The number of benzene rings is 1. The summed E-state index contributed by atoms with van der Waals surface area (Å²) >= 11 is 0. The Morgan fingerprint density at radius 3 is 2.93 bits per heavy atom. The lowest BCUT2D eigenvalue weighted by Gasteiger charge is -2.16. The zero-order chi connectivity index (χ0) is 10.1. The van der Waals surface area contributed by atoms with Gasteiger partial charge >= 0.3 is 0 Å². The second-order valence-corrected chi connectivity index (χ2v) is 3.44. The van der Waals surface area contributed by atoms with Crippen LogP contribution < -0.4 is 10.4 Å². The average Bonchev–Trinajstić information content (AvgIpc) is 2.45. The Balaban J connectivity index is 2.27. The second kappa shape index (κ2) is 3.38. The smallest absolute Gasteiger partial charge is 0.242 e. The fourth-order valence-corrected chi connectivity index (χ4v) is 1.52. The molecule has 1 aromatic carbocycles. The van der Waals surface area contributed by atoms with Crippen molar-refractivity contribution in [2.24, 2.45) is 0 Å². The van der Waals surface area contributed by atoms with E-state index in [0.29, 0.717) is 12.1 Å². The van der Waals surface area contributed by atoms with Crippen molar-refractivity contribution in [1.82, 2.24) is 5.43 Å². The number of nitrogens with one attached hydrogen (secondary N) is 1. The molecule has 0 aromatic heterocycles. The number of nitrogens with zero attached hydrogens (tertiary/aromatic N) is 1. The van der Waals surface area contributed by atoms with Crippen molar-refractivity contribution in [3.63, 3.8) is 0 Å². The van der Waals surface area contributed by atoms with E-state index in [4.69, 9.17) is 0 Å². The first kappa shape index (κ1) is 9.15. The summed E-state index contributed by atoms with van der Waals surface area (Å²) in [7, 11) is 0. The van der Waals surface area contributed by atoms with E-state index in [0.717, 1.165) is 0 Å². The number of rotatable bonds is 1. The van der Waals surface area contributed by atoms with Crippen LogP contribution in [0.1, 0.15) is 13.3 Å². The maximum Gasteiger partial charge on any atom is 0.242 e. The summed E-state index contributed by atoms with van der Waals surface area (Å²) in [6, 6.07) is 6.09. The van der Waals surface area contributed by atoms with Gasteiger partial charge in [0.05, 0.1) is 5.69 Å². The molecule has 1 unspecified atom stereocenters. The van der Waals surface area contributed by atoms with Crippen LogP contribution in [0, 0.1) is 5.82 Å². The molecular formula is C10H11FN2O. The number of carbonyl (C=O) groups excluding carboxylic acids is 1. The van der Waals surface area contributed by atoms with Crippen molar-refractivity contribution in [1.29, 1.82) is 0 Å². The molecule has 1 fully saturated rings. The molecule has 0 bridgehead atoms. The monoisotopic (exact) mass is 194 g/mol. The number of hydrogen-bond donors (Lipinski definition) is 1. The first-order valence-corrected chi connectivity index (χ1v) is 4.51. The highest BCUT2D eigenvalue weighted by Gasteiger charge is 2.27. The van der Waals surface area contributed by atoms with Gasteiger partial charge in [0.25, 0.3) is 0 Å². The topological polar surface area (TPSA) is 32.3 Å². The van der Waals surface area contributed by atoms with Gasteiger partial charge < -0.3 is 0 Å². The van der Waals surface area contributed by atoms with Crippen LogP contribution in [0.3, 0.4) is 0 Å². The van der Waals surface area contributed by atoms with E-state index in [1.54, 1.807) is 12.1 Å². The van der Waals surface area contributed by atoms with E-state index in [1.165, 1.54) is 17.1 Å². The summed E-state index contributed by atoms with van der Waals surface area (Å²) in [4.78, 5) is 11.4. The number of hydrogen-bond acceptors (Lipinski definition) is 2. The molecule has 1 atom stereocenters. The van der Waals surface area contributed by atoms with Crippen molar-refractivity contribution in [3.8, 4) is 0 Å². The maximum atomic E-state index is 12.9. The molecular weight excluding hydrogens is 183 g/mol. The lowest BCUT2D eigenvalue weighted by molar-refractivity contribution is -0.117. The highest BCUT2D eigenvalue weighted by atomic mass is 19.1. The standard InChI is InChI=1S/C10H11FN2O/c1-7-5-10(14)13(12-7)9-4-2-3-8(11)6-9/h2-4,6-7,12H,5H2,1H3. The Bertz CT molecular complexity index is 367. The van der Waals surface area contributed by atoms with Gasteiger partial charge in [-0.25, -0.2) is 14.8 Å². The number of halogens is 1. The van der Waals surface area contributed by atoms with E-state index in [-0.39, 0.29) is 17.8 Å². The Morgan fingerprint density at radius 1 is 1.57 bits per heavy atom. The maximum absolute atomic E-state index is 12.9. The molecule has 0 saturated carbocycles. The highest BCUT2D eigenvalue weighted by Crippen LogP contribution is 2.19. The van der Waals surface area contributed by atoms with Crippen molar-refractivity contribution in [2.75, 3.05) is 5.01 Å². The minimum Gasteiger partial charge on any atom is -0.273 e. The van der Waals surface area contributed by atoms with Crippen molar-refractivity contribution >= 4 is 11.6 Å². The third kappa shape index (κ3) is 1.61. The zero-order valence-corrected chi connectivity index (χ0v) is 7.83. The Labute approximate surface area is 81.5 Å². The SMILES string of the molecule is CC1CC(=O)N(c2cccc(F)c2)N1. The normalized spacial score (nSPS) is 21.7. The van der Waals surface area contributed by atoms with Gasteiger partial charge in [-0.3, -0.25) is 4.79 Å². The van der Waals surface area contributed by atoms with E-state index < -0.39 is 0 Å². The van der Waals surface area contributed by atoms with Crippen molar-refractivity contribution < 1.29 is 9.18 Å². The minimum atomic E-state index is -0.336. The Morgan fingerprint density at radius 2 is 2.36 bits per heavy atom. The summed E-state index contributed by atoms with van der Waals surface area (Å²) in [5.41, 5.74) is 3.52. The number of anilines is 1. The molecule has 0 radical (unpaired) electrons. The van der Waals surface area contributed by atoms with Gasteiger partial charge in [0.2, 0.25) is 5.91 Å². The first-order valence-electron chi connectivity index (χ1n) is 4.51. The van der Waals surface area contributed by atoms with Crippen LogP contribution in [-0.2, 0) is 4.79 Å². The molecule has 1 heterocycles. The highest BCUT2D eigenvalue weighted by molar-refractivity contribution is 5.94. The summed E-state index contributed by atoms with van der Waals surface area (Å²) in [5.74, 6) is -0.361. The molecule has 3 nitrogen and oxygen atoms in total. The molecule has 1 saturated heterocycles. The van der Waals surface area contributed by atoms with Crippen LogP contribution in [-0.4, -0.2) is 11.9 Å². The molecule has 1 aliphatic rings. The van der Waals surface area contributed by atoms with E-state index in [9.17, 15) is 9.18 Å². The Hall–Kier alpha value is -1.42. The molecule has 4 heteroatoms. The van der Waals surface area contributed by atoms with Gasteiger partial charge in [0, 0.05) is 12.5 Å². The molecule has 0 spiro atoms. The van der Waals surface area contributed by atoms with Crippen LogP contribution in [0.15, 0.2) is 24.3 Å². The van der Waals surface area contributed by atoms with Crippen LogP contribution >= 0.6 is 0 Å². The summed E-state index contributed by atoms with van der Waals surface area (Å²) in [5, 5.41) is 1.40. The summed E-state index contributed by atoms with van der Waals surface area (Å²) in [6.45, 7) is 1.91. The number of hydrazine groups is 1. The molecule has 1 aliphatic heterocycles. The minimum absolute atomic E-state index is 0.0249.